The first kappa shape index (κ1) is 21.1. The summed E-state index contributed by atoms with van der Waals surface area (Å²) in [6.45, 7) is 4.48. The van der Waals surface area contributed by atoms with Crippen molar-refractivity contribution < 1.29 is 4.39 Å². The van der Waals surface area contributed by atoms with Crippen LogP contribution in [0.3, 0.4) is 0 Å². The van der Waals surface area contributed by atoms with Crippen LogP contribution in [-0.4, -0.2) is 0 Å². The van der Waals surface area contributed by atoms with Gasteiger partial charge in [0.2, 0.25) is 0 Å². The predicted octanol–water partition coefficient (Wildman–Crippen LogP) is 8.03. The minimum atomic E-state index is 0.0211. The Morgan fingerprint density at radius 2 is 1.36 bits per heavy atom. The lowest BCUT2D eigenvalue weighted by molar-refractivity contribution is 0.300. The van der Waals surface area contributed by atoms with E-state index in [0.717, 1.165) is 49.1 Å². The number of hydrogen-bond acceptors (Lipinski definition) is 0. The maximum absolute atomic E-state index is 14.8. The minimum absolute atomic E-state index is 0.0211. The van der Waals surface area contributed by atoms with Crippen molar-refractivity contribution in [1.29, 1.82) is 0 Å². The second kappa shape index (κ2) is 10.8. The lowest BCUT2D eigenvalue weighted by Gasteiger charge is -2.29. The van der Waals surface area contributed by atoms with E-state index in [-0.39, 0.29) is 5.82 Å². The van der Waals surface area contributed by atoms with E-state index in [9.17, 15) is 4.39 Å². The molecule has 1 heteroatoms. The summed E-state index contributed by atoms with van der Waals surface area (Å²) in [5.41, 5.74) is 4.83. The lowest BCUT2D eigenvalue weighted by atomic mass is 9.77. The van der Waals surface area contributed by atoms with Gasteiger partial charge in [0.05, 0.1) is 0 Å². The zero-order valence-electron chi connectivity index (χ0n) is 17.9. The highest BCUT2D eigenvalue weighted by atomic mass is 19.1. The van der Waals surface area contributed by atoms with E-state index in [4.69, 9.17) is 0 Å². The zero-order chi connectivity index (χ0) is 19.8. The van der Waals surface area contributed by atoms with Crippen LogP contribution >= 0.6 is 0 Å². The summed E-state index contributed by atoms with van der Waals surface area (Å²) in [5.74, 6) is 1.33. The molecule has 3 rings (SSSR count). The summed E-state index contributed by atoms with van der Waals surface area (Å²) in [7, 11) is 0. The Kier molecular flexibility index (Phi) is 8.13. The Morgan fingerprint density at radius 1 is 0.750 bits per heavy atom. The van der Waals surface area contributed by atoms with Gasteiger partial charge in [0, 0.05) is 0 Å². The van der Waals surface area contributed by atoms with Gasteiger partial charge in [-0.2, -0.15) is 0 Å². The highest BCUT2D eigenvalue weighted by Crippen LogP contribution is 2.38. The fourth-order valence-electron chi connectivity index (χ4n) is 4.76. The molecule has 1 fully saturated rings. The molecule has 1 aliphatic rings. The van der Waals surface area contributed by atoms with Gasteiger partial charge in [-0.3, -0.25) is 0 Å². The zero-order valence-corrected chi connectivity index (χ0v) is 17.9. The summed E-state index contributed by atoms with van der Waals surface area (Å²) in [6, 6.07) is 15.0. The predicted molar refractivity (Wildman–Crippen MR) is 118 cm³/mol. The van der Waals surface area contributed by atoms with Crippen LogP contribution in [0.1, 0.15) is 93.4 Å². The van der Waals surface area contributed by atoms with Gasteiger partial charge >= 0.3 is 0 Å². The van der Waals surface area contributed by atoms with E-state index in [1.165, 1.54) is 49.7 Å². The minimum Gasteiger partial charge on any atom is -0.207 e. The van der Waals surface area contributed by atoms with Gasteiger partial charge in [0.15, 0.2) is 0 Å². The number of rotatable bonds is 9. The van der Waals surface area contributed by atoms with Crippen molar-refractivity contribution in [3.8, 4) is 0 Å². The Balaban J connectivity index is 1.52. The molecule has 0 heterocycles. The molecule has 0 aromatic heterocycles. The van der Waals surface area contributed by atoms with Crippen LogP contribution in [0, 0.1) is 11.7 Å². The molecule has 0 spiro atoms. The van der Waals surface area contributed by atoms with Crippen molar-refractivity contribution in [3.05, 3.63) is 70.5 Å². The van der Waals surface area contributed by atoms with Gasteiger partial charge in [0.1, 0.15) is 5.82 Å². The third-order valence-electron chi connectivity index (χ3n) is 6.58. The molecular formula is C27H37F. The number of halogens is 1. The third-order valence-corrected chi connectivity index (χ3v) is 6.58. The highest BCUT2D eigenvalue weighted by molar-refractivity contribution is 5.29. The Bertz CT molecular complexity index is 708. The van der Waals surface area contributed by atoms with Crippen LogP contribution < -0.4 is 0 Å². The average molecular weight is 381 g/mol. The van der Waals surface area contributed by atoms with Crippen LogP contribution in [-0.2, 0) is 19.3 Å². The van der Waals surface area contributed by atoms with Crippen molar-refractivity contribution >= 4 is 0 Å². The molecule has 1 saturated carbocycles. The normalized spacial score (nSPS) is 19.7. The standard InChI is InChI=1S/C27H37F/c1-3-5-7-22-14-17-25(18-15-22)26-19-16-24(20-27(26)28)13-12-23-10-8-21(6-4-2)9-11-23/h8-11,16,19-20,22,25H,3-7,12-15,17-18H2,1-2H3. The maximum atomic E-state index is 14.8. The topological polar surface area (TPSA) is 0 Å². The molecule has 2 aromatic carbocycles. The van der Waals surface area contributed by atoms with E-state index in [1.807, 2.05) is 0 Å². The Labute approximate surface area is 171 Å². The molecule has 0 nitrogen and oxygen atoms in total. The first-order valence-electron chi connectivity index (χ1n) is 11.6. The largest absolute Gasteiger partial charge is 0.207 e. The van der Waals surface area contributed by atoms with E-state index < -0.39 is 0 Å². The molecule has 28 heavy (non-hydrogen) atoms. The summed E-state index contributed by atoms with van der Waals surface area (Å²) in [5, 5.41) is 0. The van der Waals surface area contributed by atoms with E-state index in [0.29, 0.717) is 5.92 Å². The molecule has 0 bridgehead atoms. The summed E-state index contributed by atoms with van der Waals surface area (Å²) in [6.07, 6.45) is 13.1. The molecule has 0 N–H and O–H groups in total. The van der Waals surface area contributed by atoms with Gasteiger partial charge in [0.25, 0.3) is 0 Å². The van der Waals surface area contributed by atoms with Gasteiger partial charge in [-0.15, -0.1) is 0 Å². The number of unbranched alkanes of at least 4 members (excludes halogenated alkanes) is 1. The van der Waals surface area contributed by atoms with Crippen LogP contribution in [0.25, 0.3) is 0 Å². The fraction of sp³-hybridized carbons (Fsp3) is 0.556. The highest BCUT2D eigenvalue weighted by Gasteiger charge is 2.24. The van der Waals surface area contributed by atoms with Crippen molar-refractivity contribution in [3.63, 3.8) is 0 Å². The van der Waals surface area contributed by atoms with Crippen LogP contribution in [0.2, 0.25) is 0 Å². The Hall–Kier alpha value is -1.63. The molecule has 152 valence electrons. The van der Waals surface area contributed by atoms with E-state index in [1.54, 1.807) is 6.07 Å². The second-order valence-corrected chi connectivity index (χ2v) is 8.78. The lowest BCUT2D eigenvalue weighted by Crippen LogP contribution is -2.14. The average Bonchev–Trinajstić information content (AvgIpc) is 2.72. The van der Waals surface area contributed by atoms with Crippen molar-refractivity contribution in [2.75, 3.05) is 0 Å². The molecule has 0 radical (unpaired) electrons. The van der Waals surface area contributed by atoms with Crippen LogP contribution in [0.15, 0.2) is 42.5 Å². The van der Waals surface area contributed by atoms with Gasteiger partial charge in [-0.25, -0.2) is 4.39 Å². The van der Waals surface area contributed by atoms with Crippen LogP contribution in [0.5, 0.6) is 0 Å². The molecule has 0 aliphatic heterocycles. The first-order chi connectivity index (χ1) is 13.7. The van der Waals surface area contributed by atoms with Gasteiger partial charge < -0.3 is 0 Å². The molecule has 0 atom stereocenters. The maximum Gasteiger partial charge on any atom is 0.126 e. The van der Waals surface area contributed by atoms with Crippen LogP contribution in [0.4, 0.5) is 4.39 Å². The van der Waals surface area contributed by atoms with Crippen molar-refractivity contribution in [2.24, 2.45) is 5.92 Å². The third kappa shape index (κ3) is 5.93. The molecule has 0 unspecified atom stereocenters. The van der Waals surface area contributed by atoms with Gasteiger partial charge in [-0.05, 0) is 85.1 Å². The summed E-state index contributed by atoms with van der Waals surface area (Å²) >= 11 is 0. The van der Waals surface area contributed by atoms with Crippen molar-refractivity contribution in [2.45, 2.75) is 90.4 Å². The van der Waals surface area contributed by atoms with E-state index >= 15 is 0 Å². The fourth-order valence-corrected chi connectivity index (χ4v) is 4.76. The molecular weight excluding hydrogens is 343 g/mol. The first-order valence-corrected chi connectivity index (χ1v) is 11.6. The molecule has 0 saturated heterocycles. The monoisotopic (exact) mass is 380 g/mol. The van der Waals surface area contributed by atoms with E-state index in [2.05, 4.69) is 50.2 Å². The molecule has 2 aromatic rings. The number of aryl methyl sites for hydroxylation is 3. The summed E-state index contributed by atoms with van der Waals surface area (Å²) in [4.78, 5) is 0. The molecule has 1 aliphatic carbocycles. The SMILES string of the molecule is CCCCC1CCC(c2ccc(CCc3ccc(CCC)cc3)cc2F)CC1. The second-order valence-electron chi connectivity index (χ2n) is 8.78. The number of benzene rings is 2. The smallest absolute Gasteiger partial charge is 0.126 e. The molecule has 0 amide bonds. The van der Waals surface area contributed by atoms with Gasteiger partial charge in [-0.1, -0.05) is 75.9 Å². The summed E-state index contributed by atoms with van der Waals surface area (Å²) < 4.78 is 14.8. The number of hydrogen-bond donors (Lipinski definition) is 0. The van der Waals surface area contributed by atoms with Crippen molar-refractivity contribution in [1.82, 2.24) is 0 Å². The Morgan fingerprint density at radius 3 is 1.96 bits per heavy atom. The quantitative estimate of drug-likeness (QED) is 0.413.